The molecule has 106 valence electrons. The predicted molar refractivity (Wildman–Crippen MR) is 78.9 cm³/mol. The van der Waals surface area contributed by atoms with Gasteiger partial charge < -0.3 is 10.1 Å². The first-order valence-electron chi connectivity index (χ1n) is 5.50. The number of nitrogens with one attached hydrogen (secondary N) is 2. The van der Waals surface area contributed by atoms with Crippen LogP contribution in [0.3, 0.4) is 0 Å². The van der Waals surface area contributed by atoms with E-state index in [-0.39, 0.29) is 5.02 Å². The number of guanidine groups is 1. The van der Waals surface area contributed by atoms with E-state index in [1.54, 1.807) is 7.11 Å². The topological polar surface area (TPSA) is 71.7 Å². The van der Waals surface area contributed by atoms with Crippen molar-refractivity contribution in [2.24, 2.45) is 10.8 Å². The number of hydrogen-bond donors (Lipinski definition) is 3. The van der Waals surface area contributed by atoms with Crippen molar-refractivity contribution in [1.29, 1.82) is 0 Å². The first-order chi connectivity index (χ1) is 9.08. The molecule has 1 rings (SSSR count). The van der Waals surface area contributed by atoms with E-state index in [1.165, 1.54) is 12.1 Å². The molecule has 0 spiro atoms. The van der Waals surface area contributed by atoms with Gasteiger partial charge in [0.25, 0.3) is 0 Å². The fraction of sp³-hybridized carbons (Fsp3) is 0.364. The van der Waals surface area contributed by atoms with Gasteiger partial charge in [0, 0.05) is 24.7 Å². The molecule has 8 heteroatoms. The van der Waals surface area contributed by atoms with E-state index >= 15 is 0 Å². The van der Waals surface area contributed by atoms with Crippen molar-refractivity contribution in [1.82, 2.24) is 5.43 Å². The van der Waals surface area contributed by atoms with Gasteiger partial charge >= 0.3 is 0 Å². The van der Waals surface area contributed by atoms with Crippen LogP contribution < -0.4 is 16.6 Å². The third-order valence-electron chi connectivity index (χ3n) is 2.16. The Balaban J connectivity index is 2.75. The molecule has 0 amide bonds. The van der Waals surface area contributed by atoms with Gasteiger partial charge in [-0.1, -0.05) is 11.6 Å². The summed E-state index contributed by atoms with van der Waals surface area (Å²) in [5.74, 6) is 5.27. The Hall–Kier alpha value is -0.890. The van der Waals surface area contributed by atoms with Gasteiger partial charge in [0.15, 0.2) is 0 Å². The lowest BCUT2D eigenvalue weighted by Gasteiger charge is -2.12. The number of benzene rings is 1. The molecule has 1 aromatic rings. The van der Waals surface area contributed by atoms with Gasteiger partial charge in [-0.2, -0.15) is 0 Å². The minimum atomic E-state index is -0.429. The molecular weight excluding hydrogens is 339 g/mol. The maximum absolute atomic E-state index is 13.1. The largest absolute Gasteiger partial charge is 0.385 e. The number of nitrogens with two attached hydrogens (primary N) is 1. The molecule has 5 nitrogen and oxygen atoms in total. The molecule has 0 unspecified atom stereocenters. The molecule has 0 fully saturated rings. The molecule has 0 saturated heterocycles. The molecule has 0 bridgehead atoms. The summed E-state index contributed by atoms with van der Waals surface area (Å²) in [6, 6.07) is 2.50. The summed E-state index contributed by atoms with van der Waals surface area (Å²) < 4.78 is 18.5. The quantitative estimate of drug-likeness (QED) is 0.250. The molecule has 0 saturated carbocycles. The highest BCUT2D eigenvalue weighted by molar-refractivity contribution is 9.10. The maximum Gasteiger partial charge on any atom is 0.210 e. The number of halogens is 3. The van der Waals surface area contributed by atoms with Crippen LogP contribution in [0, 0.1) is 5.82 Å². The molecule has 0 aromatic heterocycles. The first-order valence-corrected chi connectivity index (χ1v) is 6.67. The van der Waals surface area contributed by atoms with Crippen LogP contribution in [0.1, 0.15) is 6.42 Å². The average Bonchev–Trinajstić information content (AvgIpc) is 2.36. The molecule has 0 atom stereocenters. The van der Waals surface area contributed by atoms with Crippen LogP contribution in [0.5, 0.6) is 0 Å². The summed E-state index contributed by atoms with van der Waals surface area (Å²) in [6.45, 7) is 1.15. The number of methoxy groups -OCH3 is 1. The lowest BCUT2D eigenvalue weighted by Crippen LogP contribution is -2.36. The van der Waals surface area contributed by atoms with Gasteiger partial charge in [0.1, 0.15) is 5.82 Å². The van der Waals surface area contributed by atoms with Crippen molar-refractivity contribution in [2.45, 2.75) is 6.42 Å². The Labute approximate surface area is 124 Å². The zero-order chi connectivity index (χ0) is 14.3. The van der Waals surface area contributed by atoms with E-state index in [4.69, 9.17) is 22.2 Å². The second kappa shape index (κ2) is 8.31. The van der Waals surface area contributed by atoms with Gasteiger partial charge in [-0.15, -0.1) is 0 Å². The van der Waals surface area contributed by atoms with Crippen molar-refractivity contribution >= 4 is 39.2 Å². The molecule has 0 aliphatic rings. The van der Waals surface area contributed by atoms with Crippen LogP contribution in [0.4, 0.5) is 10.1 Å². The monoisotopic (exact) mass is 352 g/mol. The summed E-state index contributed by atoms with van der Waals surface area (Å²) in [4.78, 5) is 4.20. The van der Waals surface area contributed by atoms with Crippen LogP contribution >= 0.6 is 27.5 Å². The Morgan fingerprint density at radius 3 is 2.89 bits per heavy atom. The van der Waals surface area contributed by atoms with Crippen LogP contribution in [-0.4, -0.2) is 26.2 Å². The summed E-state index contributed by atoms with van der Waals surface area (Å²) in [5, 5.41) is 3.13. The Kier molecular flexibility index (Phi) is 7.07. The van der Waals surface area contributed by atoms with Crippen LogP contribution in [0.25, 0.3) is 0 Å². The number of hydrazine groups is 1. The number of rotatable bonds is 5. The fourth-order valence-corrected chi connectivity index (χ4v) is 2.20. The fourth-order valence-electron chi connectivity index (χ4n) is 1.30. The van der Waals surface area contributed by atoms with E-state index in [0.29, 0.717) is 29.3 Å². The SMILES string of the molecule is COCCCN=C(NN)Nc1c(Cl)cc(F)cc1Br. The average molecular weight is 354 g/mol. The molecule has 4 N–H and O–H groups in total. The van der Waals surface area contributed by atoms with Gasteiger partial charge in [0.2, 0.25) is 5.96 Å². The predicted octanol–water partition coefficient (Wildman–Crippen LogP) is 2.51. The third kappa shape index (κ3) is 5.32. The minimum Gasteiger partial charge on any atom is -0.385 e. The lowest BCUT2D eigenvalue weighted by molar-refractivity contribution is 0.197. The smallest absolute Gasteiger partial charge is 0.210 e. The van der Waals surface area contributed by atoms with Gasteiger partial charge in [0.05, 0.1) is 10.7 Å². The molecule has 0 radical (unpaired) electrons. The van der Waals surface area contributed by atoms with Crippen molar-refractivity contribution in [3.05, 3.63) is 27.4 Å². The number of aliphatic imine (C=N–C) groups is 1. The zero-order valence-electron chi connectivity index (χ0n) is 10.3. The maximum atomic E-state index is 13.1. The number of nitrogens with zero attached hydrogens (tertiary/aromatic N) is 1. The van der Waals surface area contributed by atoms with E-state index in [9.17, 15) is 4.39 Å². The van der Waals surface area contributed by atoms with Crippen molar-refractivity contribution in [2.75, 3.05) is 25.6 Å². The number of ether oxygens (including phenoxy) is 1. The van der Waals surface area contributed by atoms with Gasteiger partial charge in [-0.25, -0.2) is 10.2 Å². The van der Waals surface area contributed by atoms with Crippen LogP contribution in [0.2, 0.25) is 5.02 Å². The minimum absolute atomic E-state index is 0.228. The summed E-state index contributed by atoms with van der Waals surface area (Å²) in [7, 11) is 1.62. The summed E-state index contributed by atoms with van der Waals surface area (Å²) >= 11 is 9.16. The molecule has 0 heterocycles. The molecule has 19 heavy (non-hydrogen) atoms. The number of anilines is 1. The highest BCUT2D eigenvalue weighted by Gasteiger charge is 2.09. The molecular formula is C11H15BrClFN4O. The first kappa shape index (κ1) is 16.2. The van der Waals surface area contributed by atoms with Crippen LogP contribution in [0.15, 0.2) is 21.6 Å². The highest BCUT2D eigenvalue weighted by Crippen LogP contribution is 2.31. The van der Waals surface area contributed by atoms with Gasteiger partial charge in [-0.3, -0.25) is 10.4 Å². The normalized spacial score (nSPS) is 11.5. The Morgan fingerprint density at radius 2 is 2.32 bits per heavy atom. The third-order valence-corrected chi connectivity index (χ3v) is 3.09. The van der Waals surface area contributed by atoms with Crippen molar-refractivity contribution in [3.63, 3.8) is 0 Å². The van der Waals surface area contributed by atoms with Crippen molar-refractivity contribution < 1.29 is 9.13 Å². The molecule has 1 aromatic carbocycles. The second-order valence-electron chi connectivity index (χ2n) is 3.59. The summed E-state index contributed by atoms with van der Waals surface area (Å²) in [6.07, 6.45) is 0.766. The Morgan fingerprint density at radius 1 is 1.58 bits per heavy atom. The zero-order valence-corrected chi connectivity index (χ0v) is 12.7. The lowest BCUT2D eigenvalue weighted by atomic mass is 10.3. The van der Waals surface area contributed by atoms with E-state index in [2.05, 4.69) is 31.7 Å². The van der Waals surface area contributed by atoms with E-state index < -0.39 is 5.82 Å². The molecule has 0 aliphatic heterocycles. The van der Waals surface area contributed by atoms with E-state index in [1.807, 2.05) is 0 Å². The number of hydrogen-bond acceptors (Lipinski definition) is 3. The van der Waals surface area contributed by atoms with Crippen molar-refractivity contribution in [3.8, 4) is 0 Å². The standard InChI is InChI=1S/C11H15BrClFN4O/c1-19-4-2-3-16-11(18-15)17-10-8(12)5-7(14)6-9(10)13/h5-6H,2-4,15H2,1H3,(H2,16,17,18). The Bertz CT molecular complexity index is 435. The van der Waals surface area contributed by atoms with Gasteiger partial charge in [-0.05, 0) is 34.5 Å². The second-order valence-corrected chi connectivity index (χ2v) is 4.85. The van der Waals surface area contributed by atoms with Crippen LogP contribution in [-0.2, 0) is 4.74 Å². The van der Waals surface area contributed by atoms with E-state index in [0.717, 1.165) is 6.42 Å². The summed E-state index contributed by atoms with van der Waals surface area (Å²) in [5.41, 5.74) is 2.91. The highest BCUT2D eigenvalue weighted by atomic mass is 79.9. The molecule has 0 aliphatic carbocycles.